The first-order chi connectivity index (χ1) is 23.8. The molecule has 2 atom stereocenters. The van der Waals surface area contributed by atoms with Crippen molar-refractivity contribution in [3.63, 3.8) is 0 Å². The molecule has 2 N–H and O–H groups in total. The Kier molecular flexibility index (Phi) is 11.2. The molecule has 0 aliphatic carbocycles. The average Bonchev–Trinajstić information content (AvgIpc) is 3.67. The third-order valence-corrected chi connectivity index (χ3v) is 11.1. The molecule has 2 aliphatic rings. The van der Waals surface area contributed by atoms with Crippen LogP contribution < -0.4 is 10.6 Å². The molecular formula is C39H39ClN2O6S2. The van der Waals surface area contributed by atoms with Gasteiger partial charge in [0.25, 0.3) is 0 Å². The molecule has 4 aromatic rings. The van der Waals surface area contributed by atoms with Crippen LogP contribution in [0, 0.1) is 0 Å². The Morgan fingerprint density at radius 1 is 0.700 bits per heavy atom. The van der Waals surface area contributed by atoms with E-state index < -0.39 is 17.8 Å². The number of ketones is 2. The smallest absolute Gasteiger partial charge is 0.336 e. The first kappa shape index (κ1) is 36.8. The van der Waals surface area contributed by atoms with Crippen LogP contribution in [-0.2, 0) is 28.7 Å². The van der Waals surface area contributed by atoms with Crippen LogP contribution in [0.3, 0.4) is 0 Å². The predicted molar refractivity (Wildman–Crippen MR) is 201 cm³/mol. The van der Waals surface area contributed by atoms with Crippen LogP contribution in [0.2, 0.25) is 5.02 Å². The molecule has 0 amide bonds. The zero-order valence-corrected chi connectivity index (χ0v) is 31.6. The van der Waals surface area contributed by atoms with Crippen LogP contribution in [0.4, 0.5) is 0 Å². The number of methoxy groups -OCH3 is 1. The second-order valence-corrected chi connectivity index (χ2v) is 14.4. The highest BCUT2D eigenvalue weighted by Gasteiger charge is 2.38. The van der Waals surface area contributed by atoms with Gasteiger partial charge in [-0.3, -0.25) is 9.59 Å². The van der Waals surface area contributed by atoms with Gasteiger partial charge in [-0.15, -0.1) is 22.7 Å². The highest BCUT2D eigenvalue weighted by atomic mass is 35.5. The molecule has 2 aliphatic heterocycles. The number of carbonyl (C=O) groups excluding carboxylic acids is 4. The lowest BCUT2D eigenvalue weighted by Gasteiger charge is -2.30. The Bertz CT molecular complexity index is 2180. The van der Waals surface area contributed by atoms with Gasteiger partial charge in [0.1, 0.15) is 0 Å². The van der Waals surface area contributed by atoms with E-state index in [-0.39, 0.29) is 17.5 Å². The number of carbonyl (C=O) groups is 4. The summed E-state index contributed by atoms with van der Waals surface area (Å²) in [5, 5.41) is 13.0. The number of rotatable bonds is 7. The summed E-state index contributed by atoms with van der Waals surface area (Å²) >= 11 is 9.37. The summed E-state index contributed by atoms with van der Waals surface area (Å²) in [5.41, 5.74) is 7.02. The number of allylic oxidation sites excluding steroid dienone is 6. The van der Waals surface area contributed by atoms with E-state index in [4.69, 9.17) is 21.1 Å². The number of dihydropyridines is 2. The van der Waals surface area contributed by atoms with Gasteiger partial charge in [-0.1, -0.05) is 29.8 Å². The lowest BCUT2D eigenvalue weighted by molar-refractivity contribution is -0.139. The molecule has 0 saturated heterocycles. The number of ether oxygens (including phenoxy) is 2. The maximum Gasteiger partial charge on any atom is 0.336 e. The van der Waals surface area contributed by atoms with E-state index in [0.717, 1.165) is 48.4 Å². The number of Topliss-reactive ketones (excluding diaryl/α,β-unsaturated/α-hetero) is 2. The Balaban J connectivity index is 0.000000194. The number of esters is 2. The minimum Gasteiger partial charge on any atom is -0.466 e. The molecule has 2 unspecified atom stereocenters. The van der Waals surface area contributed by atoms with Crippen LogP contribution in [0.15, 0.2) is 98.3 Å². The monoisotopic (exact) mass is 730 g/mol. The van der Waals surface area contributed by atoms with E-state index in [0.29, 0.717) is 39.6 Å². The summed E-state index contributed by atoms with van der Waals surface area (Å²) in [6.07, 6.45) is 0. The fourth-order valence-electron chi connectivity index (χ4n) is 6.87. The molecule has 0 radical (unpaired) electrons. The third kappa shape index (κ3) is 6.92. The molecule has 11 heteroatoms. The van der Waals surface area contributed by atoms with Crippen molar-refractivity contribution in [1.82, 2.24) is 10.6 Å². The van der Waals surface area contributed by atoms with Crippen molar-refractivity contribution < 1.29 is 28.7 Å². The summed E-state index contributed by atoms with van der Waals surface area (Å²) in [6.45, 7) is 12.6. The lowest BCUT2D eigenvalue weighted by Crippen LogP contribution is -2.31. The number of benzene rings is 2. The lowest BCUT2D eigenvalue weighted by atomic mass is 9.79. The fraction of sp³-hybridized carbons (Fsp3) is 0.282. The largest absolute Gasteiger partial charge is 0.466 e. The van der Waals surface area contributed by atoms with Gasteiger partial charge in [-0.2, -0.15) is 0 Å². The molecule has 4 heterocycles. The number of halogens is 1. The third-order valence-electron chi connectivity index (χ3n) is 8.88. The molecule has 0 saturated carbocycles. The second-order valence-electron chi connectivity index (χ2n) is 12.1. The second kappa shape index (κ2) is 15.2. The standard InChI is InChI=1S/C20H21NO3S.C19H18ClNO3S/c1-5-24-20(23)18-12(3)21-11(2)17(13(4)22)19(18)15-10-25-16-9-7-6-8-14(15)16;1-9-16(11(3)22)18(17(10(2)21-9)19(23)24-4)14-8-25-15-6-5-12(20)7-13(14)15/h6-10,19,21H,5H2,1-4H3;5-8,18,21H,1-4H3. The molecule has 0 spiro atoms. The van der Waals surface area contributed by atoms with Gasteiger partial charge in [-0.25, -0.2) is 9.59 Å². The van der Waals surface area contributed by atoms with E-state index in [2.05, 4.69) is 16.7 Å². The zero-order chi connectivity index (χ0) is 36.4. The maximum absolute atomic E-state index is 12.7. The van der Waals surface area contributed by atoms with Gasteiger partial charge in [-0.05, 0) is 105 Å². The van der Waals surface area contributed by atoms with Crippen molar-refractivity contribution in [3.8, 4) is 0 Å². The van der Waals surface area contributed by atoms with Gasteiger partial charge < -0.3 is 20.1 Å². The van der Waals surface area contributed by atoms with E-state index in [1.165, 1.54) is 14.0 Å². The van der Waals surface area contributed by atoms with Crippen LogP contribution in [0.1, 0.15) is 71.4 Å². The number of hydrogen-bond acceptors (Lipinski definition) is 10. The minimum atomic E-state index is -0.474. The highest BCUT2D eigenvalue weighted by molar-refractivity contribution is 7.17. The molecule has 50 heavy (non-hydrogen) atoms. The predicted octanol–water partition coefficient (Wildman–Crippen LogP) is 8.84. The average molecular weight is 731 g/mol. The molecule has 6 rings (SSSR count). The highest BCUT2D eigenvalue weighted by Crippen LogP contribution is 2.45. The number of hydrogen-bond donors (Lipinski definition) is 2. The number of thiophene rings is 2. The molecule has 2 aromatic carbocycles. The van der Waals surface area contributed by atoms with Crippen LogP contribution >= 0.6 is 34.3 Å². The quantitative estimate of drug-likeness (QED) is 0.182. The molecule has 260 valence electrons. The summed E-state index contributed by atoms with van der Waals surface area (Å²) in [7, 11) is 1.35. The van der Waals surface area contributed by atoms with Gasteiger partial charge >= 0.3 is 11.9 Å². The summed E-state index contributed by atoms with van der Waals surface area (Å²) < 4.78 is 12.5. The summed E-state index contributed by atoms with van der Waals surface area (Å²) in [4.78, 5) is 50.0. The molecule has 8 nitrogen and oxygen atoms in total. The Hall–Kier alpha value is -4.51. The van der Waals surface area contributed by atoms with E-state index in [9.17, 15) is 19.2 Å². The number of fused-ring (bicyclic) bond motifs is 2. The van der Waals surface area contributed by atoms with Crippen molar-refractivity contribution in [2.75, 3.05) is 13.7 Å². The summed E-state index contributed by atoms with van der Waals surface area (Å²) in [5.74, 6) is -1.82. The first-order valence-electron chi connectivity index (χ1n) is 16.1. The Labute approximate surface area is 304 Å². The SMILES string of the molecule is CCOC(=O)C1=C(C)NC(C)=C(C(C)=O)C1c1csc2ccccc12.COC(=O)C1=C(C)NC(C)=C(C(C)=O)C1c1csc2ccc(Cl)cc12. The van der Waals surface area contributed by atoms with E-state index >= 15 is 0 Å². The first-order valence-corrected chi connectivity index (χ1v) is 18.2. The molecule has 0 fully saturated rings. The van der Waals surface area contributed by atoms with Crippen molar-refractivity contribution in [1.29, 1.82) is 0 Å². The van der Waals surface area contributed by atoms with Gasteiger partial charge in [0, 0.05) is 60.2 Å². The Morgan fingerprint density at radius 2 is 1.18 bits per heavy atom. The Morgan fingerprint density at radius 3 is 1.70 bits per heavy atom. The summed E-state index contributed by atoms with van der Waals surface area (Å²) in [6, 6.07) is 13.7. The van der Waals surface area contributed by atoms with Crippen LogP contribution in [-0.4, -0.2) is 37.2 Å². The topological polar surface area (TPSA) is 111 Å². The van der Waals surface area contributed by atoms with E-state index in [1.807, 2.05) is 74.9 Å². The minimum absolute atomic E-state index is 0.0421. The van der Waals surface area contributed by atoms with Crippen LogP contribution in [0.5, 0.6) is 0 Å². The van der Waals surface area contributed by atoms with Crippen molar-refractivity contribution in [2.24, 2.45) is 0 Å². The van der Waals surface area contributed by atoms with Gasteiger partial charge in [0.2, 0.25) is 0 Å². The molecule has 2 aromatic heterocycles. The molecular weight excluding hydrogens is 692 g/mol. The van der Waals surface area contributed by atoms with Gasteiger partial charge in [0.05, 0.1) is 24.9 Å². The van der Waals surface area contributed by atoms with E-state index in [1.54, 1.807) is 36.5 Å². The van der Waals surface area contributed by atoms with Crippen LogP contribution in [0.25, 0.3) is 20.2 Å². The normalized spacial score (nSPS) is 17.7. The maximum atomic E-state index is 12.7. The molecule has 0 bridgehead atoms. The van der Waals surface area contributed by atoms with Crippen molar-refractivity contribution in [3.05, 3.63) is 114 Å². The fourth-order valence-corrected chi connectivity index (χ4v) is 9.00. The van der Waals surface area contributed by atoms with Crippen molar-refractivity contribution >= 4 is 78.0 Å². The zero-order valence-electron chi connectivity index (χ0n) is 29.2. The van der Waals surface area contributed by atoms with Gasteiger partial charge in [0.15, 0.2) is 11.6 Å². The van der Waals surface area contributed by atoms with Crippen molar-refractivity contribution in [2.45, 2.75) is 60.3 Å². The number of nitrogens with one attached hydrogen (secondary N) is 2.